The molecule has 0 bridgehead atoms. The van der Waals surface area contributed by atoms with Crippen LogP contribution in [0.4, 0.5) is 4.79 Å². The van der Waals surface area contributed by atoms with Gasteiger partial charge in [-0.3, -0.25) is 4.79 Å². The Labute approximate surface area is 165 Å². The fraction of sp³-hybridized carbons (Fsp3) is 0.429. The number of carbonyl (C=O) groups is 2. The molecule has 0 saturated carbocycles. The maximum atomic E-state index is 13.2. The summed E-state index contributed by atoms with van der Waals surface area (Å²) in [6.07, 6.45) is 0.866. The zero-order valence-electron chi connectivity index (χ0n) is 16.1. The van der Waals surface area contributed by atoms with Crippen molar-refractivity contribution in [3.63, 3.8) is 0 Å². The van der Waals surface area contributed by atoms with Crippen LogP contribution < -0.4 is 5.32 Å². The van der Waals surface area contributed by atoms with E-state index in [1.165, 1.54) is 10.4 Å². The second-order valence-corrected chi connectivity index (χ2v) is 8.01. The fourth-order valence-electron chi connectivity index (χ4n) is 3.56. The van der Waals surface area contributed by atoms with E-state index in [4.69, 9.17) is 0 Å². The Bertz CT molecular complexity index is 788. The number of amides is 3. The van der Waals surface area contributed by atoms with Gasteiger partial charge in [0.15, 0.2) is 0 Å². The highest BCUT2D eigenvalue weighted by atomic mass is 32.1. The van der Waals surface area contributed by atoms with Crippen molar-refractivity contribution in [3.05, 3.63) is 57.8 Å². The number of hydrogen-bond donors (Lipinski definition) is 1. The third-order valence-corrected chi connectivity index (χ3v) is 5.92. The largest absolute Gasteiger partial charge is 0.338 e. The molecule has 0 saturated heterocycles. The Balaban J connectivity index is 1.87. The fourth-order valence-corrected chi connectivity index (χ4v) is 4.46. The molecule has 0 aliphatic carbocycles. The van der Waals surface area contributed by atoms with Crippen molar-refractivity contribution in [1.29, 1.82) is 0 Å². The molecule has 1 N–H and O–H groups in total. The molecule has 0 unspecified atom stereocenters. The molecule has 0 radical (unpaired) electrons. The van der Waals surface area contributed by atoms with Crippen molar-refractivity contribution < 1.29 is 9.59 Å². The molecule has 2 heterocycles. The molecule has 5 nitrogen and oxygen atoms in total. The third-order valence-electron chi connectivity index (χ3n) is 4.92. The quantitative estimate of drug-likeness (QED) is 0.854. The first-order chi connectivity index (χ1) is 13.0. The summed E-state index contributed by atoms with van der Waals surface area (Å²) in [5.74, 6) is -0.0133. The van der Waals surface area contributed by atoms with E-state index in [9.17, 15) is 9.59 Å². The summed E-state index contributed by atoms with van der Waals surface area (Å²) < 4.78 is 0. The lowest BCUT2D eigenvalue weighted by molar-refractivity contribution is -0.134. The molecule has 1 aliphatic rings. The Morgan fingerprint density at radius 1 is 1.26 bits per heavy atom. The predicted octanol–water partition coefficient (Wildman–Crippen LogP) is 3.66. The summed E-state index contributed by atoms with van der Waals surface area (Å²) in [7, 11) is 0. The van der Waals surface area contributed by atoms with Gasteiger partial charge in [0.05, 0.1) is 6.04 Å². The number of rotatable bonds is 5. The van der Waals surface area contributed by atoms with Crippen LogP contribution in [0.5, 0.6) is 0 Å². The first-order valence-corrected chi connectivity index (χ1v) is 10.4. The SMILES string of the molecule is CCNC(=O)N(CC(=O)N1CCc2sccc2[C@H]1c1ccccc1)C(C)C. The monoisotopic (exact) mass is 385 g/mol. The van der Waals surface area contributed by atoms with E-state index in [0.717, 1.165) is 12.0 Å². The highest BCUT2D eigenvalue weighted by Gasteiger charge is 2.34. The van der Waals surface area contributed by atoms with Crippen LogP contribution >= 0.6 is 11.3 Å². The summed E-state index contributed by atoms with van der Waals surface area (Å²) in [5, 5.41) is 4.91. The molecule has 1 aromatic carbocycles. The number of nitrogens with one attached hydrogen (secondary N) is 1. The van der Waals surface area contributed by atoms with Gasteiger partial charge < -0.3 is 15.1 Å². The standard InChI is InChI=1S/C21H27N3O2S/c1-4-22-21(26)24(15(2)3)14-19(25)23-12-10-18-17(11-13-27-18)20(23)16-8-6-5-7-9-16/h5-9,11,13,15,20H,4,10,12,14H2,1-3H3,(H,22,26)/t20-/m1/s1. The van der Waals surface area contributed by atoms with Crippen LogP contribution in [-0.2, 0) is 11.2 Å². The molecule has 6 heteroatoms. The lowest BCUT2D eigenvalue weighted by Crippen LogP contribution is -2.51. The second kappa shape index (κ2) is 8.57. The summed E-state index contributed by atoms with van der Waals surface area (Å²) in [4.78, 5) is 30.5. The van der Waals surface area contributed by atoms with E-state index in [1.54, 1.807) is 16.2 Å². The number of carbonyl (C=O) groups excluding carboxylic acids is 2. The van der Waals surface area contributed by atoms with Gasteiger partial charge in [-0.1, -0.05) is 30.3 Å². The molecule has 2 aromatic rings. The van der Waals surface area contributed by atoms with E-state index in [1.807, 2.05) is 43.9 Å². The van der Waals surface area contributed by atoms with Gasteiger partial charge in [0.2, 0.25) is 5.91 Å². The van der Waals surface area contributed by atoms with Gasteiger partial charge in [-0.05, 0) is 49.8 Å². The summed E-state index contributed by atoms with van der Waals surface area (Å²) in [6, 6.07) is 12.0. The Hall–Kier alpha value is -2.34. The molecule has 144 valence electrons. The average molecular weight is 386 g/mol. The van der Waals surface area contributed by atoms with Gasteiger partial charge in [0.25, 0.3) is 0 Å². The average Bonchev–Trinajstić information content (AvgIpc) is 3.14. The van der Waals surface area contributed by atoms with Gasteiger partial charge in [0, 0.05) is 24.0 Å². The lowest BCUT2D eigenvalue weighted by Gasteiger charge is -2.38. The van der Waals surface area contributed by atoms with Crippen LogP contribution in [0.3, 0.4) is 0 Å². The Morgan fingerprint density at radius 3 is 2.67 bits per heavy atom. The smallest absolute Gasteiger partial charge is 0.318 e. The zero-order valence-corrected chi connectivity index (χ0v) is 17.0. The van der Waals surface area contributed by atoms with Crippen molar-refractivity contribution in [2.24, 2.45) is 0 Å². The van der Waals surface area contributed by atoms with Crippen molar-refractivity contribution in [2.75, 3.05) is 19.6 Å². The van der Waals surface area contributed by atoms with Crippen LogP contribution in [-0.4, -0.2) is 47.4 Å². The maximum Gasteiger partial charge on any atom is 0.318 e. The molecule has 1 atom stereocenters. The van der Waals surface area contributed by atoms with Crippen LogP contribution in [0.15, 0.2) is 41.8 Å². The number of nitrogens with zero attached hydrogens (tertiary/aromatic N) is 2. The second-order valence-electron chi connectivity index (χ2n) is 7.01. The molecule has 0 fully saturated rings. The van der Waals surface area contributed by atoms with E-state index < -0.39 is 0 Å². The number of urea groups is 1. The van der Waals surface area contributed by atoms with Crippen LogP contribution in [0, 0.1) is 0 Å². The lowest BCUT2D eigenvalue weighted by atomic mass is 9.93. The molecular weight excluding hydrogens is 358 g/mol. The highest BCUT2D eigenvalue weighted by Crippen LogP contribution is 2.37. The van der Waals surface area contributed by atoms with E-state index in [2.05, 4.69) is 28.9 Å². The maximum absolute atomic E-state index is 13.2. The van der Waals surface area contributed by atoms with Gasteiger partial charge in [-0.2, -0.15) is 0 Å². The van der Waals surface area contributed by atoms with E-state index in [0.29, 0.717) is 13.1 Å². The predicted molar refractivity (Wildman–Crippen MR) is 109 cm³/mol. The van der Waals surface area contributed by atoms with Crippen molar-refractivity contribution in [1.82, 2.24) is 15.1 Å². The molecule has 3 amide bonds. The molecule has 0 spiro atoms. The molecule has 1 aromatic heterocycles. The number of fused-ring (bicyclic) bond motifs is 1. The third kappa shape index (κ3) is 4.16. The number of thiophene rings is 1. The summed E-state index contributed by atoms with van der Waals surface area (Å²) in [5.41, 5.74) is 2.32. The van der Waals surface area contributed by atoms with Gasteiger partial charge >= 0.3 is 6.03 Å². The molecular formula is C21H27N3O2S. The molecule has 1 aliphatic heterocycles. The Morgan fingerprint density at radius 2 is 2.00 bits per heavy atom. The van der Waals surface area contributed by atoms with E-state index in [-0.39, 0.29) is 30.6 Å². The normalized spacial score (nSPS) is 16.1. The topological polar surface area (TPSA) is 52.7 Å². The van der Waals surface area contributed by atoms with Crippen molar-refractivity contribution in [3.8, 4) is 0 Å². The first kappa shape index (κ1) is 19.4. The molecule has 27 heavy (non-hydrogen) atoms. The Kier molecular flexibility index (Phi) is 6.16. The number of benzene rings is 1. The first-order valence-electron chi connectivity index (χ1n) is 9.48. The zero-order chi connectivity index (χ0) is 19.4. The van der Waals surface area contributed by atoms with Crippen LogP contribution in [0.2, 0.25) is 0 Å². The van der Waals surface area contributed by atoms with Crippen LogP contribution in [0.25, 0.3) is 0 Å². The minimum absolute atomic E-state index is 0.0133. The van der Waals surface area contributed by atoms with Crippen LogP contribution in [0.1, 0.15) is 42.8 Å². The van der Waals surface area contributed by atoms with Crippen molar-refractivity contribution in [2.45, 2.75) is 39.3 Å². The van der Waals surface area contributed by atoms with Gasteiger partial charge in [0.1, 0.15) is 6.54 Å². The van der Waals surface area contributed by atoms with Gasteiger partial charge in [-0.15, -0.1) is 11.3 Å². The van der Waals surface area contributed by atoms with Crippen molar-refractivity contribution >= 4 is 23.3 Å². The van der Waals surface area contributed by atoms with Gasteiger partial charge in [-0.25, -0.2) is 4.79 Å². The number of hydrogen-bond acceptors (Lipinski definition) is 3. The minimum Gasteiger partial charge on any atom is -0.338 e. The summed E-state index contributed by atoms with van der Waals surface area (Å²) in [6.45, 7) is 7.06. The van der Waals surface area contributed by atoms with E-state index >= 15 is 0 Å². The molecule has 3 rings (SSSR count). The minimum atomic E-state index is -0.189. The summed E-state index contributed by atoms with van der Waals surface area (Å²) >= 11 is 1.76. The highest BCUT2D eigenvalue weighted by molar-refractivity contribution is 7.10.